The molecule has 1 saturated heterocycles. The summed E-state index contributed by atoms with van der Waals surface area (Å²) in [6.07, 6.45) is -4.09. The summed E-state index contributed by atoms with van der Waals surface area (Å²) < 4.78 is 48.7. The van der Waals surface area contributed by atoms with Crippen LogP contribution in [0.25, 0.3) is 0 Å². The maximum atomic E-state index is 12.9. The normalized spacial score (nSPS) is 18.3. The van der Waals surface area contributed by atoms with Gasteiger partial charge in [-0.05, 0) is 24.6 Å². The third-order valence-corrected chi connectivity index (χ3v) is 3.17. The summed E-state index contributed by atoms with van der Waals surface area (Å²) >= 11 is 0. The molecule has 7 heteroatoms. The van der Waals surface area contributed by atoms with Crippen LogP contribution in [0.15, 0.2) is 18.2 Å². The zero-order valence-electron chi connectivity index (χ0n) is 10.9. The molecule has 1 unspecified atom stereocenters. The van der Waals surface area contributed by atoms with Gasteiger partial charge >= 0.3 is 6.18 Å². The van der Waals surface area contributed by atoms with Crippen LogP contribution in [0.4, 0.5) is 13.2 Å². The van der Waals surface area contributed by atoms with Gasteiger partial charge in [-0.3, -0.25) is 4.79 Å². The number of benzene rings is 1. The summed E-state index contributed by atoms with van der Waals surface area (Å²) in [6, 6.07) is 4.62. The monoisotopic (exact) mass is 299 g/mol. The fraction of sp³-hybridized carbons (Fsp3) is 0.429. The Labute approximate surface area is 119 Å². The van der Waals surface area contributed by atoms with Crippen molar-refractivity contribution < 1.29 is 27.4 Å². The van der Waals surface area contributed by atoms with Gasteiger partial charge in [-0.15, -0.1) is 0 Å². The summed E-state index contributed by atoms with van der Waals surface area (Å²) in [4.78, 5) is 11.8. The van der Waals surface area contributed by atoms with Gasteiger partial charge in [0.1, 0.15) is 12.4 Å². The van der Waals surface area contributed by atoms with Crippen molar-refractivity contribution in [3.63, 3.8) is 0 Å². The molecular weight excluding hydrogens is 287 g/mol. The first-order chi connectivity index (χ1) is 9.91. The zero-order chi connectivity index (χ0) is 15.5. The summed E-state index contributed by atoms with van der Waals surface area (Å²) in [5.41, 5.74) is -1.18. The van der Waals surface area contributed by atoms with Gasteiger partial charge in [0.15, 0.2) is 5.78 Å². The highest BCUT2D eigenvalue weighted by atomic mass is 19.4. The van der Waals surface area contributed by atoms with E-state index in [1.165, 1.54) is 6.07 Å². The Morgan fingerprint density at radius 2 is 2.24 bits per heavy atom. The molecule has 0 saturated carbocycles. The number of rotatable bonds is 4. The summed E-state index contributed by atoms with van der Waals surface area (Å²) in [6.45, 7) is 0.311. The first-order valence-corrected chi connectivity index (χ1v) is 6.26. The molecule has 1 aliphatic rings. The predicted molar refractivity (Wildman–Crippen MR) is 65.6 cm³/mol. The van der Waals surface area contributed by atoms with Crippen molar-refractivity contribution >= 4 is 5.78 Å². The average Bonchev–Trinajstić information content (AvgIpc) is 2.97. The van der Waals surface area contributed by atoms with Gasteiger partial charge in [-0.2, -0.15) is 18.4 Å². The second-order valence-electron chi connectivity index (χ2n) is 4.64. The quantitative estimate of drug-likeness (QED) is 0.857. The minimum atomic E-state index is -4.65. The van der Waals surface area contributed by atoms with Crippen molar-refractivity contribution in [2.75, 3.05) is 19.8 Å². The number of hydrogen-bond donors (Lipinski definition) is 0. The van der Waals surface area contributed by atoms with Crippen molar-refractivity contribution in [3.8, 4) is 11.8 Å². The fourth-order valence-electron chi connectivity index (χ4n) is 2.00. The lowest BCUT2D eigenvalue weighted by atomic mass is 10.0. The molecule has 0 spiro atoms. The van der Waals surface area contributed by atoms with Crippen LogP contribution in [0, 0.1) is 17.2 Å². The Morgan fingerprint density at radius 3 is 2.81 bits per heavy atom. The predicted octanol–water partition coefficient (Wildman–Crippen LogP) is 2.56. The van der Waals surface area contributed by atoms with Crippen molar-refractivity contribution in [2.45, 2.75) is 12.6 Å². The second-order valence-corrected chi connectivity index (χ2v) is 4.64. The van der Waals surface area contributed by atoms with Crippen LogP contribution in [0.1, 0.15) is 17.5 Å². The molecule has 1 aromatic carbocycles. The van der Waals surface area contributed by atoms with Gasteiger partial charge in [-0.1, -0.05) is 0 Å². The van der Waals surface area contributed by atoms with E-state index in [0.717, 1.165) is 6.07 Å². The SMILES string of the molecule is N#Cc1ccc(OCC(=O)C2CCOC2)c(C(F)(F)F)c1. The summed E-state index contributed by atoms with van der Waals surface area (Å²) in [5.74, 6) is -1.06. The molecule has 2 rings (SSSR count). The van der Waals surface area contributed by atoms with Crippen LogP contribution in [-0.2, 0) is 15.7 Å². The van der Waals surface area contributed by atoms with Gasteiger partial charge < -0.3 is 9.47 Å². The minimum absolute atomic E-state index is 0.120. The third-order valence-electron chi connectivity index (χ3n) is 3.17. The Hall–Kier alpha value is -2.07. The van der Waals surface area contributed by atoms with E-state index >= 15 is 0 Å². The zero-order valence-corrected chi connectivity index (χ0v) is 10.9. The topological polar surface area (TPSA) is 59.3 Å². The van der Waals surface area contributed by atoms with Crippen molar-refractivity contribution in [3.05, 3.63) is 29.3 Å². The van der Waals surface area contributed by atoms with E-state index in [2.05, 4.69) is 0 Å². The Kier molecular flexibility index (Phi) is 4.48. The molecule has 112 valence electrons. The number of Topliss-reactive ketones (excluding diaryl/α,β-unsaturated/α-hetero) is 1. The van der Waals surface area contributed by atoms with E-state index in [9.17, 15) is 18.0 Å². The van der Waals surface area contributed by atoms with E-state index in [-0.39, 0.29) is 23.9 Å². The van der Waals surface area contributed by atoms with E-state index in [4.69, 9.17) is 14.7 Å². The minimum Gasteiger partial charge on any atom is -0.485 e. The molecule has 1 fully saturated rings. The first kappa shape index (κ1) is 15.3. The number of nitriles is 1. The van der Waals surface area contributed by atoms with Crippen LogP contribution < -0.4 is 4.74 Å². The smallest absolute Gasteiger partial charge is 0.420 e. The highest BCUT2D eigenvalue weighted by Gasteiger charge is 2.35. The Morgan fingerprint density at radius 1 is 1.48 bits per heavy atom. The van der Waals surface area contributed by atoms with Crippen LogP contribution in [-0.4, -0.2) is 25.6 Å². The van der Waals surface area contributed by atoms with Crippen LogP contribution in [0.3, 0.4) is 0 Å². The molecule has 1 atom stereocenters. The third kappa shape index (κ3) is 3.73. The molecule has 0 amide bonds. The Bertz CT molecular complexity index is 572. The number of nitrogens with zero attached hydrogens (tertiary/aromatic N) is 1. The van der Waals surface area contributed by atoms with Crippen LogP contribution in [0.2, 0.25) is 0 Å². The van der Waals surface area contributed by atoms with Crippen molar-refractivity contribution in [2.24, 2.45) is 5.92 Å². The van der Waals surface area contributed by atoms with Crippen LogP contribution in [0.5, 0.6) is 5.75 Å². The number of carbonyl (C=O) groups excluding carboxylic acids is 1. The van der Waals surface area contributed by atoms with Crippen molar-refractivity contribution in [1.29, 1.82) is 5.26 Å². The molecule has 1 aromatic rings. The van der Waals surface area contributed by atoms with E-state index in [1.807, 2.05) is 0 Å². The Balaban J connectivity index is 2.12. The molecule has 0 radical (unpaired) electrons. The number of ketones is 1. The lowest BCUT2D eigenvalue weighted by molar-refractivity contribution is -0.139. The van der Waals surface area contributed by atoms with Crippen molar-refractivity contribution in [1.82, 2.24) is 0 Å². The fourth-order valence-corrected chi connectivity index (χ4v) is 2.00. The maximum Gasteiger partial charge on any atom is 0.420 e. The number of alkyl halides is 3. The average molecular weight is 299 g/mol. The number of ether oxygens (including phenoxy) is 2. The van der Waals surface area contributed by atoms with E-state index in [0.29, 0.717) is 19.1 Å². The standard InChI is InChI=1S/C14H12F3NO3/c15-14(16,17)11-5-9(6-18)1-2-13(11)21-8-12(19)10-3-4-20-7-10/h1-2,5,10H,3-4,7-8H2. The molecule has 1 aliphatic heterocycles. The molecule has 0 aliphatic carbocycles. The molecule has 0 aromatic heterocycles. The highest BCUT2D eigenvalue weighted by molar-refractivity contribution is 5.82. The molecular formula is C14H12F3NO3. The number of hydrogen-bond acceptors (Lipinski definition) is 4. The van der Waals surface area contributed by atoms with Gasteiger partial charge in [0.2, 0.25) is 0 Å². The largest absolute Gasteiger partial charge is 0.485 e. The maximum absolute atomic E-state index is 12.9. The first-order valence-electron chi connectivity index (χ1n) is 6.26. The molecule has 0 bridgehead atoms. The van der Waals surface area contributed by atoms with Gasteiger partial charge in [-0.25, -0.2) is 0 Å². The highest BCUT2D eigenvalue weighted by Crippen LogP contribution is 2.36. The molecule has 4 nitrogen and oxygen atoms in total. The lowest BCUT2D eigenvalue weighted by Crippen LogP contribution is -2.22. The van der Waals surface area contributed by atoms with E-state index < -0.39 is 24.1 Å². The van der Waals surface area contributed by atoms with Crippen LogP contribution >= 0.6 is 0 Å². The molecule has 1 heterocycles. The number of halogens is 3. The van der Waals surface area contributed by atoms with Gasteiger partial charge in [0.05, 0.1) is 23.8 Å². The summed E-state index contributed by atoms with van der Waals surface area (Å²) in [5, 5.41) is 8.65. The van der Waals surface area contributed by atoms with Gasteiger partial charge in [0, 0.05) is 12.5 Å². The summed E-state index contributed by atoms with van der Waals surface area (Å²) in [7, 11) is 0. The van der Waals surface area contributed by atoms with Gasteiger partial charge in [0.25, 0.3) is 0 Å². The lowest BCUT2D eigenvalue weighted by Gasteiger charge is -2.14. The number of carbonyl (C=O) groups is 1. The molecule has 21 heavy (non-hydrogen) atoms. The van der Waals surface area contributed by atoms with E-state index in [1.54, 1.807) is 6.07 Å². The molecule has 0 N–H and O–H groups in total. The second kappa shape index (κ2) is 6.14.